The predicted molar refractivity (Wildman–Crippen MR) is 112 cm³/mol. The molecule has 29 heavy (non-hydrogen) atoms. The first-order chi connectivity index (χ1) is 14.3. The Hall–Kier alpha value is -3.12. The van der Waals surface area contributed by atoms with Crippen LogP contribution >= 0.6 is 0 Å². The lowest BCUT2D eigenvalue weighted by Crippen LogP contribution is -2.36. The number of nitrogens with zero attached hydrogens (tertiary/aromatic N) is 5. The Balaban J connectivity index is 1.48. The molecule has 5 rings (SSSR count). The first-order valence-electron chi connectivity index (χ1n) is 10.2. The third kappa shape index (κ3) is 3.63. The average molecular weight is 385 g/mol. The molecule has 0 N–H and O–H groups in total. The molecule has 1 saturated heterocycles. The molecule has 6 nitrogen and oxygen atoms in total. The van der Waals surface area contributed by atoms with Gasteiger partial charge in [0.15, 0.2) is 0 Å². The van der Waals surface area contributed by atoms with Gasteiger partial charge in [-0.2, -0.15) is 5.10 Å². The van der Waals surface area contributed by atoms with E-state index in [2.05, 4.69) is 27.0 Å². The summed E-state index contributed by atoms with van der Waals surface area (Å²) < 4.78 is 0. The summed E-state index contributed by atoms with van der Waals surface area (Å²) in [5.41, 5.74) is 4.75. The van der Waals surface area contributed by atoms with Crippen molar-refractivity contribution in [3.63, 3.8) is 0 Å². The highest BCUT2D eigenvalue weighted by Crippen LogP contribution is 2.34. The summed E-state index contributed by atoms with van der Waals surface area (Å²) in [7, 11) is 0. The van der Waals surface area contributed by atoms with Gasteiger partial charge in [-0.3, -0.25) is 19.7 Å². The highest BCUT2D eigenvalue weighted by atomic mass is 16.2. The Morgan fingerprint density at radius 1 is 0.966 bits per heavy atom. The fourth-order valence-corrected chi connectivity index (χ4v) is 4.20. The highest BCUT2D eigenvalue weighted by Gasteiger charge is 2.34. The lowest BCUT2D eigenvalue weighted by atomic mass is 9.98. The number of amides is 1. The summed E-state index contributed by atoms with van der Waals surface area (Å²) in [6, 6.07) is 16.0. The maximum Gasteiger partial charge on any atom is 0.257 e. The Kier molecular flexibility index (Phi) is 4.77. The van der Waals surface area contributed by atoms with E-state index in [-0.39, 0.29) is 11.9 Å². The number of fused-ring (bicyclic) bond motifs is 1. The minimum atomic E-state index is -0.119. The number of hydrogen-bond donors (Lipinski definition) is 0. The fraction of sp³-hybridized carbons (Fsp3) is 0.304. The zero-order chi connectivity index (χ0) is 19.6. The quantitative estimate of drug-likeness (QED) is 0.691. The van der Waals surface area contributed by atoms with Crippen LogP contribution in [0, 0.1) is 0 Å². The number of aromatic nitrogens is 2. The number of rotatable bonds is 4. The predicted octanol–water partition coefficient (Wildman–Crippen LogP) is 3.40. The molecular formula is C23H23N5O. The molecule has 1 aromatic heterocycles. The fourth-order valence-electron chi connectivity index (χ4n) is 4.20. The molecule has 1 fully saturated rings. The molecular weight excluding hydrogens is 362 g/mol. The monoisotopic (exact) mass is 385 g/mol. The zero-order valence-corrected chi connectivity index (χ0v) is 16.2. The number of benzene rings is 2. The number of likely N-dealkylation sites (tertiary alicyclic amines) is 1. The van der Waals surface area contributed by atoms with Crippen molar-refractivity contribution in [3.8, 4) is 0 Å². The molecule has 6 heteroatoms. The molecule has 2 aromatic carbocycles. The minimum absolute atomic E-state index is 0.0575. The van der Waals surface area contributed by atoms with Gasteiger partial charge in [0.2, 0.25) is 0 Å². The van der Waals surface area contributed by atoms with Crippen molar-refractivity contribution in [1.82, 2.24) is 19.9 Å². The third-order valence-electron chi connectivity index (χ3n) is 5.71. The van der Waals surface area contributed by atoms with E-state index in [1.807, 2.05) is 36.4 Å². The van der Waals surface area contributed by atoms with Gasteiger partial charge in [-0.15, -0.1) is 0 Å². The molecule has 3 aromatic rings. The van der Waals surface area contributed by atoms with E-state index >= 15 is 0 Å². The van der Waals surface area contributed by atoms with E-state index < -0.39 is 0 Å². The van der Waals surface area contributed by atoms with Crippen LogP contribution in [0.1, 0.15) is 36.4 Å². The largest absolute Gasteiger partial charge is 0.294 e. The van der Waals surface area contributed by atoms with Crippen LogP contribution in [0.25, 0.3) is 11.0 Å². The van der Waals surface area contributed by atoms with Crippen molar-refractivity contribution in [1.29, 1.82) is 0 Å². The molecule has 146 valence electrons. The van der Waals surface area contributed by atoms with Crippen LogP contribution in [0.5, 0.6) is 0 Å². The van der Waals surface area contributed by atoms with Crippen LogP contribution in [0.2, 0.25) is 0 Å². The summed E-state index contributed by atoms with van der Waals surface area (Å²) in [6.45, 7) is 2.41. The van der Waals surface area contributed by atoms with Crippen LogP contribution in [0.15, 0.2) is 66.0 Å². The first-order valence-corrected chi connectivity index (χ1v) is 10.2. The lowest BCUT2D eigenvalue weighted by molar-refractivity contribution is -0.134. The molecule has 0 aliphatic carbocycles. The summed E-state index contributed by atoms with van der Waals surface area (Å²) >= 11 is 0. The van der Waals surface area contributed by atoms with E-state index in [0.717, 1.165) is 41.0 Å². The topological polar surface area (TPSA) is 61.7 Å². The molecule has 0 bridgehead atoms. The molecule has 0 unspecified atom stereocenters. The summed E-state index contributed by atoms with van der Waals surface area (Å²) in [5, 5.41) is 6.47. The van der Waals surface area contributed by atoms with E-state index in [1.54, 1.807) is 17.4 Å². The van der Waals surface area contributed by atoms with Gasteiger partial charge in [-0.1, -0.05) is 36.4 Å². The second-order valence-electron chi connectivity index (χ2n) is 7.66. The molecule has 0 saturated carbocycles. The normalized spacial score (nSPS) is 19.7. The second kappa shape index (κ2) is 7.72. The molecule has 2 aliphatic heterocycles. The summed E-state index contributed by atoms with van der Waals surface area (Å²) in [6.07, 6.45) is 6.42. The molecule has 1 amide bonds. The number of hydrazone groups is 1. The second-order valence-corrected chi connectivity index (χ2v) is 7.66. The Morgan fingerprint density at radius 2 is 1.72 bits per heavy atom. The van der Waals surface area contributed by atoms with Crippen LogP contribution in [-0.4, -0.2) is 51.1 Å². The van der Waals surface area contributed by atoms with Crippen LogP contribution in [-0.2, 0) is 4.79 Å². The molecule has 1 atom stereocenters. The van der Waals surface area contributed by atoms with Crippen molar-refractivity contribution in [2.45, 2.75) is 25.3 Å². The van der Waals surface area contributed by atoms with Crippen molar-refractivity contribution in [3.05, 3.63) is 72.1 Å². The smallest absolute Gasteiger partial charge is 0.257 e. The SMILES string of the molecule is O=C(CN1CCCC1)N1N=C(c2ccccc2)C[C@@H]1c1ccc2nccnc2c1. The molecule has 2 aliphatic rings. The van der Waals surface area contributed by atoms with Gasteiger partial charge < -0.3 is 0 Å². The summed E-state index contributed by atoms with van der Waals surface area (Å²) in [5.74, 6) is 0.0575. The number of carbonyl (C=O) groups is 1. The maximum absolute atomic E-state index is 13.2. The van der Waals surface area contributed by atoms with E-state index in [1.165, 1.54) is 12.8 Å². The van der Waals surface area contributed by atoms with Gasteiger partial charge in [0, 0.05) is 18.8 Å². The van der Waals surface area contributed by atoms with Crippen LogP contribution in [0.4, 0.5) is 0 Å². The van der Waals surface area contributed by atoms with Crippen molar-refractivity contribution >= 4 is 22.7 Å². The van der Waals surface area contributed by atoms with Gasteiger partial charge in [0.1, 0.15) is 0 Å². The highest BCUT2D eigenvalue weighted by molar-refractivity contribution is 6.03. The number of hydrogen-bond acceptors (Lipinski definition) is 5. The molecule has 3 heterocycles. The molecule has 0 radical (unpaired) electrons. The van der Waals surface area contributed by atoms with E-state index in [4.69, 9.17) is 5.10 Å². The Labute approximate surface area is 169 Å². The van der Waals surface area contributed by atoms with E-state index in [0.29, 0.717) is 13.0 Å². The van der Waals surface area contributed by atoms with E-state index in [9.17, 15) is 4.79 Å². The standard InChI is InChI=1S/C23H23N5O/c29-23(16-27-12-4-5-13-27)28-22(15-20(26-28)17-6-2-1-3-7-17)18-8-9-19-21(14-18)25-11-10-24-19/h1-3,6-11,14,22H,4-5,12-13,15-16H2/t22-/m1/s1. The van der Waals surface area contributed by atoms with Crippen molar-refractivity contribution in [2.24, 2.45) is 5.10 Å². The van der Waals surface area contributed by atoms with Crippen molar-refractivity contribution < 1.29 is 4.79 Å². The van der Waals surface area contributed by atoms with Crippen molar-refractivity contribution in [2.75, 3.05) is 19.6 Å². The molecule has 0 spiro atoms. The average Bonchev–Trinajstić information content (AvgIpc) is 3.44. The first kappa shape index (κ1) is 17.9. The lowest BCUT2D eigenvalue weighted by Gasteiger charge is -2.24. The van der Waals surface area contributed by atoms with Gasteiger partial charge in [-0.05, 0) is 49.2 Å². The minimum Gasteiger partial charge on any atom is -0.294 e. The van der Waals surface area contributed by atoms with Crippen LogP contribution in [0.3, 0.4) is 0 Å². The number of carbonyl (C=O) groups excluding carboxylic acids is 1. The Morgan fingerprint density at radius 3 is 2.52 bits per heavy atom. The third-order valence-corrected chi connectivity index (χ3v) is 5.71. The Bertz CT molecular complexity index is 1060. The maximum atomic E-state index is 13.2. The summed E-state index contributed by atoms with van der Waals surface area (Å²) in [4.78, 5) is 24.2. The van der Waals surface area contributed by atoms with Gasteiger partial charge in [0.05, 0.1) is 29.3 Å². The van der Waals surface area contributed by atoms with Gasteiger partial charge in [0.25, 0.3) is 5.91 Å². The zero-order valence-electron chi connectivity index (χ0n) is 16.2. The van der Waals surface area contributed by atoms with Gasteiger partial charge in [-0.25, -0.2) is 5.01 Å². The van der Waals surface area contributed by atoms with Gasteiger partial charge >= 0.3 is 0 Å². The van der Waals surface area contributed by atoms with Crippen LogP contribution < -0.4 is 0 Å².